The number of carbonyl (C=O) groups is 1. The lowest BCUT2D eigenvalue weighted by Crippen LogP contribution is -2.21. The number of carbonyl (C=O) groups excluding carboxylic acids is 1. The molecule has 1 aromatic heterocycles. The Bertz CT molecular complexity index is 1280. The van der Waals surface area contributed by atoms with Gasteiger partial charge in [0.2, 0.25) is 11.8 Å². The number of aromatic hydroxyl groups is 3. The molecule has 2 heterocycles. The molecule has 1 aliphatic carbocycles. The van der Waals surface area contributed by atoms with Crippen LogP contribution >= 0.6 is 0 Å². The summed E-state index contributed by atoms with van der Waals surface area (Å²) in [6.07, 6.45) is 0. The van der Waals surface area contributed by atoms with Crippen LogP contribution in [0.25, 0.3) is 11.3 Å². The maximum absolute atomic E-state index is 13.0. The molecule has 4 rings (SSSR count). The van der Waals surface area contributed by atoms with Crippen molar-refractivity contribution in [3.63, 3.8) is 0 Å². The summed E-state index contributed by atoms with van der Waals surface area (Å²) in [4.78, 5) is 17.5. The Morgan fingerprint density at radius 1 is 1.00 bits per heavy atom. The summed E-state index contributed by atoms with van der Waals surface area (Å²) in [7, 11) is -4.12. The first-order valence-electron chi connectivity index (χ1n) is 8.26. The molecule has 11 heteroatoms. The van der Waals surface area contributed by atoms with E-state index in [4.69, 9.17) is 4.84 Å². The third kappa shape index (κ3) is 2.97. The molecule has 0 amide bonds. The van der Waals surface area contributed by atoms with Crippen molar-refractivity contribution < 1.29 is 33.4 Å². The lowest BCUT2D eigenvalue weighted by molar-refractivity contribution is 0.0376. The molecule has 29 heavy (non-hydrogen) atoms. The van der Waals surface area contributed by atoms with Crippen LogP contribution in [0.5, 0.6) is 17.5 Å². The molecule has 2 aliphatic rings. The van der Waals surface area contributed by atoms with Crippen molar-refractivity contribution in [1.29, 1.82) is 0 Å². The second kappa shape index (κ2) is 6.34. The number of aryl methyl sites for hydroxylation is 1. The highest BCUT2D eigenvalue weighted by molar-refractivity contribution is 7.90. The topological polar surface area (TPSA) is 147 Å². The molecule has 0 atom stereocenters. The summed E-state index contributed by atoms with van der Waals surface area (Å²) in [5.74, 6) is -2.42. The van der Waals surface area contributed by atoms with Crippen LogP contribution < -0.4 is 4.84 Å². The first-order chi connectivity index (χ1) is 13.7. The van der Waals surface area contributed by atoms with Gasteiger partial charge < -0.3 is 20.2 Å². The molecule has 0 saturated heterocycles. The van der Waals surface area contributed by atoms with Crippen molar-refractivity contribution >= 4 is 16.0 Å². The monoisotopic (exact) mass is 417 g/mol. The largest absolute Gasteiger partial charge is 0.508 e. The SMILES string of the molecule is Cc1ccc(S(=O)(=O)n2[nH]c(C(=O)On3c(O)ccc3O)c3cc(O)cc2-3)cc1. The van der Waals surface area contributed by atoms with Crippen LogP contribution in [0.3, 0.4) is 0 Å². The number of hydrogen-bond donors (Lipinski definition) is 4. The maximum atomic E-state index is 13.0. The Morgan fingerprint density at radius 2 is 1.62 bits per heavy atom. The van der Waals surface area contributed by atoms with E-state index in [0.29, 0.717) is 4.73 Å². The molecule has 1 aliphatic heterocycles. The van der Waals surface area contributed by atoms with Crippen LogP contribution in [0.4, 0.5) is 0 Å². The van der Waals surface area contributed by atoms with E-state index >= 15 is 0 Å². The Balaban J connectivity index is 1.81. The Kier molecular flexibility index (Phi) is 4.05. The lowest BCUT2D eigenvalue weighted by Gasteiger charge is -2.08. The number of nitrogens with one attached hydrogen (secondary N) is 1. The molecule has 10 nitrogen and oxygen atoms in total. The Hall–Kier alpha value is -3.86. The zero-order valence-corrected chi connectivity index (χ0v) is 15.7. The van der Waals surface area contributed by atoms with Gasteiger partial charge in [-0.2, -0.15) is 12.5 Å². The molecule has 150 valence electrons. The van der Waals surface area contributed by atoms with Crippen molar-refractivity contribution in [2.24, 2.45) is 0 Å². The second-order valence-electron chi connectivity index (χ2n) is 6.30. The highest BCUT2D eigenvalue weighted by atomic mass is 32.2. The van der Waals surface area contributed by atoms with Gasteiger partial charge in [-0.25, -0.2) is 4.79 Å². The van der Waals surface area contributed by atoms with E-state index in [2.05, 4.69) is 5.10 Å². The minimum absolute atomic E-state index is 0.0241. The Morgan fingerprint density at radius 3 is 2.24 bits per heavy atom. The van der Waals surface area contributed by atoms with Crippen LogP contribution in [0, 0.1) is 6.92 Å². The molecule has 0 spiro atoms. The lowest BCUT2D eigenvalue weighted by atomic mass is 10.2. The van der Waals surface area contributed by atoms with Crippen molar-refractivity contribution in [1.82, 2.24) is 13.9 Å². The van der Waals surface area contributed by atoms with E-state index in [1.165, 1.54) is 24.3 Å². The van der Waals surface area contributed by atoms with Crippen molar-refractivity contribution in [3.05, 3.63) is 59.8 Å². The van der Waals surface area contributed by atoms with Crippen LogP contribution in [0.15, 0.2) is 53.4 Å². The van der Waals surface area contributed by atoms with Gasteiger partial charge in [0.25, 0.3) is 10.0 Å². The molecular formula is C18H15N3O7S. The Labute approximate surface area is 164 Å². The summed E-state index contributed by atoms with van der Waals surface area (Å²) in [5.41, 5.74) is 0.668. The standard InChI is InChI=1S/C18H15N3O7S/c1-10-2-4-12(5-3-10)29(26,27)21-14-9-11(22)8-13(14)17(19-21)18(25)28-20-15(23)6-7-16(20)24/h2-9,19,22-24H,1H3. The van der Waals surface area contributed by atoms with Crippen LogP contribution in [-0.4, -0.2) is 43.6 Å². The van der Waals surface area contributed by atoms with Crippen LogP contribution in [-0.2, 0) is 10.0 Å². The van der Waals surface area contributed by atoms with Gasteiger partial charge in [-0.05, 0) is 25.1 Å². The summed E-state index contributed by atoms with van der Waals surface area (Å²) < 4.78 is 27.3. The predicted octanol–water partition coefficient (Wildman–Crippen LogP) is 1.65. The van der Waals surface area contributed by atoms with Crippen molar-refractivity contribution in [2.75, 3.05) is 0 Å². The number of aromatic nitrogens is 3. The number of benzene rings is 1. The zero-order chi connectivity index (χ0) is 20.9. The molecule has 4 N–H and O–H groups in total. The number of hydrogen-bond acceptors (Lipinski definition) is 7. The minimum Gasteiger partial charge on any atom is -0.508 e. The molecule has 1 aromatic carbocycles. The summed E-state index contributed by atoms with van der Waals surface area (Å²) in [6, 6.07) is 10.7. The van der Waals surface area contributed by atoms with Gasteiger partial charge in [-0.3, -0.25) is 5.10 Å². The van der Waals surface area contributed by atoms with E-state index in [1.54, 1.807) is 12.1 Å². The van der Waals surface area contributed by atoms with E-state index < -0.39 is 27.8 Å². The second-order valence-corrected chi connectivity index (χ2v) is 8.09. The average molecular weight is 417 g/mol. The fourth-order valence-electron chi connectivity index (χ4n) is 2.86. The number of aromatic amines is 1. The van der Waals surface area contributed by atoms with Gasteiger partial charge >= 0.3 is 5.97 Å². The molecule has 0 bridgehead atoms. The highest BCUT2D eigenvalue weighted by Gasteiger charge is 2.31. The molecule has 0 unspecified atom stereocenters. The maximum Gasteiger partial charge on any atom is 0.382 e. The van der Waals surface area contributed by atoms with Gasteiger partial charge in [0.05, 0.1) is 10.6 Å². The first-order valence-corrected chi connectivity index (χ1v) is 9.70. The number of H-pyrrole nitrogens is 1. The highest BCUT2D eigenvalue weighted by Crippen LogP contribution is 2.35. The van der Waals surface area contributed by atoms with Crippen molar-refractivity contribution in [3.8, 4) is 28.8 Å². The molecule has 0 radical (unpaired) electrons. The summed E-state index contributed by atoms with van der Waals surface area (Å²) >= 11 is 0. The van der Waals surface area contributed by atoms with Gasteiger partial charge in [-0.15, -0.1) is 4.73 Å². The van der Waals surface area contributed by atoms with E-state index in [9.17, 15) is 28.5 Å². The fraction of sp³-hybridized carbons (Fsp3) is 0.0556. The third-order valence-corrected chi connectivity index (χ3v) is 5.93. The predicted molar refractivity (Wildman–Crippen MR) is 99.5 cm³/mol. The summed E-state index contributed by atoms with van der Waals surface area (Å²) in [5, 5.41) is 31.6. The van der Waals surface area contributed by atoms with E-state index in [0.717, 1.165) is 21.8 Å². The quantitative estimate of drug-likeness (QED) is 0.395. The number of fused-ring (bicyclic) bond motifs is 1. The third-order valence-electron chi connectivity index (χ3n) is 4.29. The zero-order valence-electron chi connectivity index (χ0n) is 14.9. The smallest absolute Gasteiger partial charge is 0.382 e. The van der Waals surface area contributed by atoms with Gasteiger partial charge in [0.1, 0.15) is 5.75 Å². The molecule has 0 saturated carbocycles. The normalized spacial score (nSPS) is 11.8. The van der Waals surface area contributed by atoms with Crippen LogP contribution in [0.2, 0.25) is 0 Å². The fourth-order valence-corrected chi connectivity index (χ4v) is 4.17. The van der Waals surface area contributed by atoms with Gasteiger partial charge in [-0.1, -0.05) is 17.7 Å². The molecule has 2 aromatic rings. The molecule has 0 fully saturated rings. The van der Waals surface area contributed by atoms with E-state index in [1.807, 2.05) is 6.92 Å². The minimum atomic E-state index is -4.12. The molecular weight excluding hydrogens is 402 g/mol. The van der Waals surface area contributed by atoms with Gasteiger partial charge in [0, 0.05) is 23.8 Å². The van der Waals surface area contributed by atoms with Crippen molar-refractivity contribution in [2.45, 2.75) is 11.8 Å². The number of rotatable bonds is 4. The van der Waals surface area contributed by atoms with Crippen LogP contribution in [0.1, 0.15) is 16.1 Å². The number of nitrogens with zero attached hydrogens (tertiary/aromatic N) is 2. The van der Waals surface area contributed by atoms with E-state index in [-0.39, 0.29) is 27.6 Å². The van der Waals surface area contributed by atoms with Gasteiger partial charge in [0.15, 0.2) is 5.69 Å². The summed E-state index contributed by atoms with van der Waals surface area (Å²) in [6.45, 7) is 1.81. The first kappa shape index (κ1) is 18.5. The average Bonchev–Trinajstić information content (AvgIpc) is 3.30.